The molecule has 0 aliphatic rings. The van der Waals surface area contributed by atoms with Gasteiger partial charge in [0.05, 0.1) is 18.0 Å². The minimum absolute atomic E-state index is 0.268. The third-order valence-corrected chi connectivity index (χ3v) is 3.05. The lowest BCUT2D eigenvalue weighted by Gasteiger charge is -2.09. The topological polar surface area (TPSA) is 52.5 Å². The first-order chi connectivity index (χ1) is 6.74. The summed E-state index contributed by atoms with van der Waals surface area (Å²) in [6.45, 7) is 4.62. The van der Waals surface area contributed by atoms with Crippen LogP contribution < -0.4 is 5.90 Å². The number of nitrogens with zero attached hydrogens (tertiary/aromatic N) is 2. The highest BCUT2D eigenvalue weighted by molar-refractivity contribution is 7.15. The molecule has 2 N–H and O–H groups in total. The summed E-state index contributed by atoms with van der Waals surface area (Å²) in [7, 11) is 0. The van der Waals surface area contributed by atoms with Gasteiger partial charge in [-0.3, -0.25) is 4.40 Å². The lowest BCUT2D eigenvalue weighted by Crippen LogP contribution is -2.11. The van der Waals surface area contributed by atoms with Crippen LogP contribution in [0.5, 0.6) is 0 Å². The first-order valence-corrected chi connectivity index (χ1v) is 5.35. The Bertz CT molecular complexity index is 434. The van der Waals surface area contributed by atoms with Crippen molar-refractivity contribution in [2.75, 3.05) is 6.61 Å². The predicted molar refractivity (Wildman–Crippen MR) is 56.4 cm³/mol. The van der Waals surface area contributed by atoms with Crippen LogP contribution in [0.1, 0.15) is 24.2 Å². The van der Waals surface area contributed by atoms with Crippen LogP contribution in [0.25, 0.3) is 4.96 Å². The molecule has 76 valence electrons. The zero-order valence-electron chi connectivity index (χ0n) is 8.23. The van der Waals surface area contributed by atoms with E-state index in [0.717, 1.165) is 10.7 Å². The molecule has 0 saturated heterocycles. The van der Waals surface area contributed by atoms with Gasteiger partial charge in [0, 0.05) is 17.5 Å². The second kappa shape index (κ2) is 3.68. The van der Waals surface area contributed by atoms with E-state index in [-0.39, 0.29) is 5.92 Å². The van der Waals surface area contributed by atoms with Crippen molar-refractivity contribution in [1.82, 2.24) is 9.38 Å². The Balaban J connectivity index is 2.47. The van der Waals surface area contributed by atoms with Gasteiger partial charge >= 0.3 is 0 Å². The number of fused-ring (bicyclic) bond motifs is 1. The highest BCUT2D eigenvalue weighted by Gasteiger charge is 2.15. The van der Waals surface area contributed by atoms with Gasteiger partial charge in [-0.25, -0.2) is 10.9 Å². The van der Waals surface area contributed by atoms with Crippen molar-refractivity contribution in [3.63, 3.8) is 0 Å². The van der Waals surface area contributed by atoms with Crippen molar-refractivity contribution >= 4 is 16.3 Å². The highest BCUT2D eigenvalue weighted by Crippen LogP contribution is 2.23. The van der Waals surface area contributed by atoms with Crippen LogP contribution in [0, 0.1) is 6.92 Å². The molecule has 14 heavy (non-hydrogen) atoms. The van der Waals surface area contributed by atoms with Gasteiger partial charge in [-0.1, -0.05) is 6.92 Å². The molecule has 5 heteroatoms. The van der Waals surface area contributed by atoms with E-state index in [4.69, 9.17) is 5.90 Å². The monoisotopic (exact) mass is 211 g/mol. The summed E-state index contributed by atoms with van der Waals surface area (Å²) in [4.78, 5) is 10.2. The zero-order chi connectivity index (χ0) is 10.1. The lowest BCUT2D eigenvalue weighted by atomic mass is 10.1. The Morgan fingerprint density at radius 1 is 1.71 bits per heavy atom. The predicted octanol–water partition coefficient (Wildman–Crippen LogP) is 1.70. The first kappa shape index (κ1) is 9.64. The highest BCUT2D eigenvalue weighted by atomic mass is 32.1. The van der Waals surface area contributed by atoms with Gasteiger partial charge in [0.2, 0.25) is 0 Å². The van der Waals surface area contributed by atoms with E-state index in [9.17, 15) is 0 Å². The molecule has 2 aromatic rings. The fraction of sp³-hybridized carbons (Fsp3) is 0.444. The number of rotatable bonds is 3. The molecule has 0 spiro atoms. The van der Waals surface area contributed by atoms with E-state index in [2.05, 4.69) is 21.1 Å². The molecule has 0 aromatic carbocycles. The maximum atomic E-state index is 5.08. The number of hydrogen-bond donors (Lipinski definition) is 1. The van der Waals surface area contributed by atoms with E-state index in [1.807, 2.05) is 18.5 Å². The number of hydrogen-bond acceptors (Lipinski definition) is 4. The summed E-state index contributed by atoms with van der Waals surface area (Å²) in [5.74, 6) is 5.35. The first-order valence-electron chi connectivity index (χ1n) is 4.47. The van der Waals surface area contributed by atoms with Gasteiger partial charge < -0.3 is 4.84 Å². The van der Waals surface area contributed by atoms with Crippen LogP contribution in [0.2, 0.25) is 0 Å². The summed E-state index contributed by atoms with van der Waals surface area (Å²) in [6.07, 6.45) is 2.03. The van der Waals surface area contributed by atoms with Gasteiger partial charge in [-0.15, -0.1) is 11.3 Å². The van der Waals surface area contributed by atoms with Crippen molar-refractivity contribution in [3.05, 3.63) is 23.0 Å². The van der Waals surface area contributed by atoms with Crippen molar-refractivity contribution < 1.29 is 4.84 Å². The Morgan fingerprint density at radius 3 is 3.21 bits per heavy atom. The molecular weight excluding hydrogens is 198 g/mol. The molecule has 2 aromatic heterocycles. The van der Waals surface area contributed by atoms with E-state index >= 15 is 0 Å². The van der Waals surface area contributed by atoms with E-state index in [1.165, 1.54) is 5.69 Å². The van der Waals surface area contributed by atoms with Crippen LogP contribution in [0.15, 0.2) is 11.6 Å². The van der Waals surface area contributed by atoms with Crippen molar-refractivity contribution in [1.29, 1.82) is 0 Å². The number of aryl methyl sites for hydroxylation is 1. The number of thiazole rings is 1. The Hall–Kier alpha value is -0.910. The van der Waals surface area contributed by atoms with Crippen molar-refractivity contribution in [3.8, 4) is 0 Å². The van der Waals surface area contributed by atoms with Crippen LogP contribution in [-0.4, -0.2) is 16.0 Å². The summed E-state index contributed by atoms with van der Waals surface area (Å²) in [6, 6.07) is 0. The number of imidazole rings is 1. The molecule has 0 radical (unpaired) electrons. The third kappa shape index (κ3) is 1.43. The molecule has 0 bridgehead atoms. The molecule has 0 fully saturated rings. The van der Waals surface area contributed by atoms with Crippen LogP contribution in [0.4, 0.5) is 0 Å². The van der Waals surface area contributed by atoms with Crippen molar-refractivity contribution in [2.45, 2.75) is 19.8 Å². The minimum atomic E-state index is 0.268. The second-order valence-electron chi connectivity index (χ2n) is 3.37. The van der Waals surface area contributed by atoms with Gasteiger partial charge in [0.1, 0.15) is 0 Å². The summed E-state index contributed by atoms with van der Waals surface area (Å²) in [5.41, 5.74) is 2.24. The van der Waals surface area contributed by atoms with Crippen molar-refractivity contribution in [2.24, 2.45) is 5.90 Å². The quantitative estimate of drug-likeness (QED) is 0.786. The normalized spacial score (nSPS) is 13.6. The standard InChI is InChI=1S/C9H13N3OS/c1-6(5-13-10)8-7(2)11-9-12(8)3-4-14-9/h3-4,6H,5,10H2,1-2H3. The molecular formula is C9H13N3OS. The molecule has 2 rings (SSSR count). The zero-order valence-corrected chi connectivity index (χ0v) is 9.04. The molecule has 0 aliphatic carbocycles. The fourth-order valence-corrected chi connectivity index (χ4v) is 2.50. The van der Waals surface area contributed by atoms with E-state index in [1.54, 1.807) is 11.3 Å². The Morgan fingerprint density at radius 2 is 2.50 bits per heavy atom. The second-order valence-corrected chi connectivity index (χ2v) is 4.25. The maximum absolute atomic E-state index is 5.08. The Labute approximate surface area is 86.3 Å². The molecule has 1 atom stereocenters. The van der Waals surface area contributed by atoms with Gasteiger partial charge in [-0.2, -0.15) is 0 Å². The van der Waals surface area contributed by atoms with Gasteiger partial charge in [0.25, 0.3) is 0 Å². The molecule has 0 aliphatic heterocycles. The third-order valence-electron chi connectivity index (χ3n) is 2.30. The Kier molecular flexibility index (Phi) is 2.54. The van der Waals surface area contributed by atoms with Gasteiger partial charge in [0.15, 0.2) is 4.96 Å². The van der Waals surface area contributed by atoms with Crippen LogP contribution >= 0.6 is 11.3 Å². The summed E-state index contributed by atoms with van der Waals surface area (Å²) in [5, 5.41) is 2.03. The fourth-order valence-electron chi connectivity index (χ4n) is 1.73. The van der Waals surface area contributed by atoms with Crippen LogP contribution in [-0.2, 0) is 4.84 Å². The molecule has 2 heterocycles. The largest absolute Gasteiger partial charge is 0.304 e. The van der Waals surface area contributed by atoms with Crippen LogP contribution in [0.3, 0.4) is 0 Å². The molecule has 1 unspecified atom stereocenters. The minimum Gasteiger partial charge on any atom is -0.304 e. The maximum Gasteiger partial charge on any atom is 0.194 e. The van der Waals surface area contributed by atoms with E-state index < -0.39 is 0 Å². The summed E-state index contributed by atoms with van der Waals surface area (Å²) < 4.78 is 2.10. The smallest absolute Gasteiger partial charge is 0.194 e. The average molecular weight is 211 g/mol. The SMILES string of the molecule is Cc1nc2sccn2c1C(C)CON. The van der Waals surface area contributed by atoms with E-state index in [0.29, 0.717) is 6.61 Å². The number of nitrogens with two attached hydrogens (primary N) is 1. The number of aromatic nitrogens is 2. The molecule has 0 amide bonds. The lowest BCUT2D eigenvalue weighted by molar-refractivity contribution is 0.125. The average Bonchev–Trinajstić information content (AvgIpc) is 2.63. The summed E-state index contributed by atoms with van der Waals surface area (Å²) >= 11 is 1.64. The van der Waals surface area contributed by atoms with Gasteiger partial charge in [-0.05, 0) is 6.92 Å². The molecule has 4 nitrogen and oxygen atoms in total. The molecule has 0 saturated carbocycles.